The molecule has 1 heterocycles. The van der Waals surface area contributed by atoms with Crippen LogP contribution in [0.1, 0.15) is 18.4 Å². The molecular weight excluding hydrogens is 233 g/mol. The van der Waals surface area contributed by atoms with Crippen molar-refractivity contribution in [1.29, 1.82) is 0 Å². The number of ether oxygens (including phenoxy) is 1. The van der Waals surface area contributed by atoms with Crippen LogP contribution in [0.15, 0.2) is 24.3 Å². The molecule has 3 nitrogen and oxygen atoms in total. The number of benzene rings is 1. The highest BCUT2D eigenvalue weighted by Gasteiger charge is 2.14. The van der Waals surface area contributed by atoms with Gasteiger partial charge in [-0.05, 0) is 36.5 Å². The molecule has 0 radical (unpaired) electrons. The van der Waals surface area contributed by atoms with Gasteiger partial charge in [0.1, 0.15) is 5.82 Å². The van der Waals surface area contributed by atoms with E-state index < -0.39 is 0 Å². The van der Waals surface area contributed by atoms with E-state index in [2.05, 4.69) is 5.32 Å². The van der Waals surface area contributed by atoms with Gasteiger partial charge in [-0.25, -0.2) is 4.39 Å². The molecular formula is C14H18FNO2. The van der Waals surface area contributed by atoms with E-state index >= 15 is 0 Å². The first-order valence-electron chi connectivity index (χ1n) is 6.33. The SMILES string of the molecule is O=C(Cc1cccc(F)c1)NCC1CCOCC1. The number of carbonyl (C=O) groups is 1. The summed E-state index contributed by atoms with van der Waals surface area (Å²) in [4.78, 5) is 11.7. The highest BCUT2D eigenvalue weighted by atomic mass is 19.1. The number of hydrogen-bond acceptors (Lipinski definition) is 2. The van der Waals surface area contributed by atoms with Crippen molar-refractivity contribution >= 4 is 5.91 Å². The van der Waals surface area contributed by atoms with Crippen LogP contribution in [0.5, 0.6) is 0 Å². The number of hydrogen-bond donors (Lipinski definition) is 1. The molecule has 0 spiro atoms. The quantitative estimate of drug-likeness (QED) is 0.887. The highest BCUT2D eigenvalue weighted by molar-refractivity contribution is 5.78. The van der Waals surface area contributed by atoms with Crippen molar-refractivity contribution in [3.05, 3.63) is 35.6 Å². The molecule has 0 aliphatic carbocycles. The van der Waals surface area contributed by atoms with Gasteiger partial charge in [-0.1, -0.05) is 12.1 Å². The second-order valence-electron chi connectivity index (χ2n) is 4.67. The van der Waals surface area contributed by atoms with Crippen molar-refractivity contribution in [1.82, 2.24) is 5.32 Å². The van der Waals surface area contributed by atoms with E-state index in [4.69, 9.17) is 4.74 Å². The largest absolute Gasteiger partial charge is 0.381 e. The Morgan fingerprint density at radius 1 is 1.39 bits per heavy atom. The van der Waals surface area contributed by atoms with Crippen LogP contribution in [-0.4, -0.2) is 25.7 Å². The smallest absolute Gasteiger partial charge is 0.224 e. The maximum atomic E-state index is 12.9. The van der Waals surface area contributed by atoms with Crippen molar-refractivity contribution < 1.29 is 13.9 Å². The molecule has 1 aliphatic rings. The molecule has 1 aromatic carbocycles. The van der Waals surface area contributed by atoms with Gasteiger partial charge in [-0.15, -0.1) is 0 Å². The van der Waals surface area contributed by atoms with Gasteiger partial charge in [0, 0.05) is 19.8 Å². The lowest BCUT2D eigenvalue weighted by atomic mass is 10.0. The number of carbonyl (C=O) groups excluding carboxylic acids is 1. The van der Waals surface area contributed by atoms with Crippen LogP contribution in [-0.2, 0) is 16.0 Å². The van der Waals surface area contributed by atoms with Crippen LogP contribution in [0.3, 0.4) is 0 Å². The fraction of sp³-hybridized carbons (Fsp3) is 0.500. The Morgan fingerprint density at radius 2 is 2.17 bits per heavy atom. The predicted molar refractivity (Wildman–Crippen MR) is 66.7 cm³/mol. The second-order valence-corrected chi connectivity index (χ2v) is 4.67. The first-order chi connectivity index (χ1) is 8.74. The maximum absolute atomic E-state index is 12.9. The van der Waals surface area contributed by atoms with Gasteiger partial charge in [0.2, 0.25) is 5.91 Å². The Labute approximate surface area is 106 Å². The van der Waals surface area contributed by atoms with Crippen LogP contribution < -0.4 is 5.32 Å². The monoisotopic (exact) mass is 251 g/mol. The van der Waals surface area contributed by atoms with E-state index in [-0.39, 0.29) is 18.1 Å². The molecule has 18 heavy (non-hydrogen) atoms. The molecule has 1 N–H and O–H groups in total. The number of nitrogens with one attached hydrogen (secondary N) is 1. The zero-order valence-corrected chi connectivity index (χ0v) is 10.3. The molecule has 98 valence electrons. The van der Waals surface area contributed by atoms with Crippen LogP contribution in [0.25, 0.3) is 0 Å². The average Bonchev–Trinajstić information content (AvgIpc) is 2.38. The molecule has 4 heteroatoms. The summed E-state index contributed by atoms with van der Waals surface area (Å²) in [6.07, 6.45) is 2.24. The topological polar surface area (TPSA) is 38.3 Å². The normalized spacial score (nSPS) is 16.5. The van der Waals surface area contributed by atoms with Gasteiger partial charge in [0.15, 0.2) is 0 Å². The third-order valence-corrected chi connectivity index (χ3v) is 3.18. The van der Waals surface area contributed by atoms with Crippen molar-refractivity contribution in [2.45, 2.75) is 19.3 Å². The van der Waals surface area contributed by atoms with Gasteiger partial charge in [0.05, 0.1) is 6.42 Å². The minimum absolute atomic E-state index is 0.0490. The summed E-state index contributed by atoms with van der Waals surface area (Å²) in [7, 11) is 0. The average molecular weight is 251 g/mol. The summed E-state index contributed by atoms with van der Waals surface area (Å²) in [5, 5.41) is 2.90. The van der Waals surface area contributed by atoms with E-state index in [1.54, 1.807) is 12.1 Å². The molecule has 2 rings (SSSR count). The van der Waals surface area contributed by atoms with Gasteiger partial charge < -0.3 is 10.1 Å². The van der Waals surface area contributed by atoms with Gasteiger partial charge in [0.25, 0.3) is 0 Å². The molecule has 1 fully saturated rings. The fourth-order valence-corrected chi connectivity index (χ4v) is 2.10. The molecule has 0 atom stereocenters. The molecule has 1 aromatic rings. The van der Waals surface area contributed by atoms with Crippen LogP contribution in [0.2, 0.25) is 0 Å². The minimum atomic E-state index is -0.301. The zero-order chi connectivity index (χ0) is 12.8. The Hall–Kier alpha value is -1.42. The van der Waals surface area contributed by atoms with Crippen LogP contribution >= 0.6 is 0 Å². The van der Waals surface area contributed by atoms with Crippen molar-refractivity contribution in [2.24, 2.45) is 5.92 Å². The highest BCUT2D eigenvalue weighted by Crippen LogP contribution is 2.13. The summed E-state index contributed by atoms with van der Waals surface area (Å²) < 4.78 is 18.2. The van der Waals surface area contributed by atoms with Gasteiger partial charge >= 0.3 is 0 Å². The van der Waals surface area contributed by atoms with E-state index in [9.17, 15) is 9.18 Å². The first-order valence-corrected chi connectivity index (χ1v) is 6.33. The Bertz CT molecular complexity index is 403. The number of halogens is 1. The minimum Gasteiger partial charge on any atom is -0.381 e. The summed E-state index contributed by atoms with van der Waals surface area (Å²) in [5.41, 5.74) is 0.708. The standard InChI is InChI=1S/C14H18FNO2/c15-13-3-1-2-12(8-13)9-14(17)16-10-11-4-6-18-7-5-11/h1-3,8,11H,4-7,9-10H2,(H,16,17). The van der Waals surface area contributed by atoms with Crippen LogP contribution in [0, 0.1) is 11.7 Å². The number of amides is 1. The lowest BCUT2D eigenvalue weighted by molar-refractivity contribution is -0.120. The molecule has 0 unspecified atom stereocenters. The summed E-state index contributed by atoms with van der Waals surface area (Å²) in [6, 6.07) is 6.16. The van der Waals surface area contributed by atoms with Crippen LogP contribution in [0.4, 0.5) is 4.39 Å². The van der Waals surface area contributed by atoms with Crippen molar-refractivity contribution in [3.8, 4) is 0 Å². The first kappa shape index (κ1) is 13.0. The third-order valence-electron chi connectivity index (χ3n) is 3.18. The lowest BCUT2D eigenvalue weighted by Crippen LogP contribution is -2.33. The molecule has 0 aromatic heterocycles. The predicted octanol–water partition coefficient (Wildman–Crippen LogP) is 1.91. The Kier molecular flexibility index (Phi) is 4.70. The molecule has 1 aliphatic heterocycles. The summed E-state index contributed by atoms with van der Waals surface area (Å²) in [5.74, 6) is 0.159. The molecule has 1 amide bonds. The van der Waals surface area contributed by atoms with Gasteiger partial charge in [-0.2, -0.15) is 0 Å². The second kappa shape index (κ2) is 6.50. The lowest BCUT2D eigenvalue weighted by Gasteiger charge is -2.22. The van der Waals surface area contributed by atoms with E-state index in [0.29, 0.717) is 18.0 Å². The zero-order valence-electron chi connectivity index (χ0n) is 10.3. The summed E-state index contributed by atoms with van der Waals surface area (Å²) in [6.45, 7) is 2.26. The Balaban J connectivity index is 1.74. The molecule has 0 bridgehead atoms. The fourth-order valence-electron chi connectivity index (χ4n) is 2.10. The van der Waals surface area contributed by atoms with Crippen molar-refractivity contribution in [2.75, 3.05) is 19.8 Å². The molecule has 0 saturated carbocycles. The molecule has 1 saturated heterocycles. The van der Waals surface area contributed by atoms with E-state index in [1.807, 2.05) is 0 Å². The Morgan fingerprint density at radius 3 is 2.89 bits per heavy atom. The third kappa shape index (κ3) is 4.11. The summed E-state index contributed by atoms with van der Waals surface area (Å²) >= 11 is 0. The van der Waals surface area contributed by atoms with E-state index in [1.165, 1.54) is 12.1 Å². The number of rotatable bonds is 4. The van der Waals surface area contributed by atoms with Crippen molar-refractivity contribution in [3.63, 3.8) is 0 Å². The maximum Gasteiger partial charge on any atom is 0.224 e. The van der Waals surface area contributed by atoms with Gasteiger partial charge in [-0.3, -0.25) is 4.79 Å². The van der Waals surface area contributed by atoms with E-state index in [0.717, 1.165) is 26.1 Å².